The maximum Gasteiger partial charge on any atom is 0.220 e. The summed E-state index contributed by atoms with van der Waals surface area (Å²) in [5.74, 6) is -0.218. The Morgan fingerprint density at radius 3 is 1.60 bits per heavy atom. The second-order valence-corrected chi connectivity index (χ2v) is 16.1. The first-order valence-electron chi connectivity index (χ1n) is 23.8. The molecular formula is C51H87NO8. The number of aliphatic hydroxyl groups is 5. The molecule has 1 amide bonds. The van der Waals surface area contributed by atoms with E-state index in [0.29, 0.717) is 12.8 Å². The molecule has 1 aliphatic heterocycles. The summed E-state index contributed by atoms with van der Waals surface area (Å²) in [4.78, 5) is 13.0. The van der Waals surface area contributed by atoms with Gasteiger partial charge in [0.2, 0.25) is 5.91 Å². The highest BCUT2D eigenvalue weighted by atomic mass is 16.7. The van der Waals surface area contributed by atoms with Crippen LogP contribution in [0.2, 0.25) is 0 Å². The first kappa shape index (κ1) is 55.4. The lowest BCUT2D eigenvalue weighted by Crippen LogP contribution is -2.60. The number of hydrogen-bond acceptors (Lipinski definition) is 8. The number of rotatable bonds is 38. The van der Waals surface area contributed by atoms with Gasteiger partial charge in [-0.3, -0.25) is 4.79 Å². The number of carbonyl (C=O) groups excluding carboxylic acids is 1. The van der Waals surface area contributed by atoms with Crippen molar-refractivity contribution in [1.82, 2.24) is 5.32 Å². The van der Waals surface area contributed by atoms with Crippen LogP contribution in [0.3, 0.4) is 0 Å². The molecule has 0 aliphatic carbocycles. The average molecular weight is 842 g/mol. The van der Waals surface area contributed by atoms with Crippen molar-refractivity contribution in [2.45, 2.75) is 217 Å². The summed E-state index contributed by atoms with van der Waals surface area (Å²) in [6, 6.07) is -0.845. The summed E-state index contributed by atoms with van der Waals surface area (Å²) < 4.78 is 11.2. The summed E-state index contributed by atoms with van der Waals surface area (Å²) in [6.45, 7) is 3.61. The lowest BCUT2D eigenvalue weighted by Gasteiger charge is -2.40. The Morgan fingerprint density at radius 2 is 1.05 bits per heavy atom. The molecule has 60 heavy (non-hydrogen) atoms. The van der Waals surface area contributed by atoms with E-state index in [9.17, 15) is 30.3 Å². The van der Waals surface area contributed by atoms with E-state index in [2.05, 4.69) is 92.1 Å². The summed E-state index contributed by atoms with van der Waals surface area (Å²) in [7, 11) is 0. The largest absolute Gasteiger partial charge is 0.394 e. The molecular weight excluding hydrogens is 755 g/mol. The number of ether oxygens (including phenoxy) is 2. The summed E-state index contributed by atoms with van der Waals surface area (Å²) in [5, 5.41) is 54.2. The molecule has 0 radical (unpaired) electrons. The fraction of sp³-hybridized carbons (Fsp3) is 0.706. The predicted molar refractivity (Wildman–Crippen MR) is 248 cm³/mol. The van der Waals surface area contributed by atoms with Crippen LogP contribution in [0.25, 0.3) is 0 Å². The fourth-order valence-electron chi connectivity index (χ4n) is 6.88. The molecule has 7 atom stereocenters. The van der Waals surface area contributed by atoms with Crippen molar-refractivity contribution in [3.63, 3.8) is 0 Å². The first-order valence-corrected chi connectivity index (χ1v) is 23.8. The van der Waals surface area contributed by atoms with Gasteiger partial charge in [-0.1, -0.05) is 170 Å². The fourth-order valence-corrected chi connectivity index (χ4v) is 6.88. The van der Waals surface area contributed by atoms with E-state index < -0.39 is 49.5 Å². The summed E-state index contributed by atoms with van der Waals surface area (Å²) >= 11 is 0. The van der Waals surface area contributed by atoms with Crippen molar-refractivity contribution in [3.05, 3.63) is 85.1 Å². The number of nitrogens with one attached hydrogen (secondary N) is 1. The highest BCUT2D eigenvalue weighted by molar-refractivity contribution is 5.76. The monoisotopic (exact) mass is 842 g/mol. The van der Waals surface area contributed by atoms with Gasteiger partial charge in [0.15, 0.2) is 6.29 Å². The van der Waals surface area contributed by atoms with Crippen LogP contribution in [0.1, 0.15) is 174 Å². The van der Waals surface area contributed by atoms with Crippen molar-refractivity contribution < 1.29 is 39.8 Å². The van der Waals surface area contributed by atoms with Crippen LogP contribution in [0.4, 0.5) is 0 Å². The predicted octanol–water partition coefficient (Wildman–Crippen LogP) is 10.3. The summed E-state index contributed by atoms with van der Waals surface area (Å²) in [6.07, 6.45) is 49.1. The zero-order chi connectivity index (χ0) is 43.7. The maximum absolute atomic E-state index is 13.0. The smallest absolute Gasteiger partial charge is 0.220 e. The Bertz CT molecular complexity index is 1210. The average Bonchev–Trinajstić information content (AvgIpc) is 3.25. The lowest BCUT2D eigenvalue weighted by molar-refractivity contribution is -0.302. The standard InChI is InChI=1S/C51H87NO8/c1-3-5-7-9-11-13-15-17-19-21-22-23-25-26-28-30-32-34-36-38-40-45(54)44(43-59-51-50(58)49(57)48(56)46(42-53)60-51)52-47(55)41-39-37-35-33-31-29-27-24-20-18-16-14-12-10-8-6-4-2/h6,8,12,14,18,20,23,25,27,29-30,32,38,40,44-46,48-51,53-54,56-58H,3-5,7,9-11,13,15-17,19,21-22,24,26,28,31,33-37,39,41-43H2,1-2H3,(H,52,55)/b8-6-,14-12-,20-18-,25-23+,29-27-,32-30+,40-38+. The minimum absolute atomic E-state index is 0.218. The number of carbonyl (C=O) groups is 1. The van der Waals surface area contributed by atoms with Gasteiger partial charge in [0.1, 0.15) is 24.4 Å². The van der Waals surface area contributed by atoms with Crippen LogP contribution in [-0.4, -0.2) is 87.5 Å². The van der Waals surface area contributed by atoms with Crippen molar-refractivity contribution in [2.75, 3.05) is 13.2 Å². The molecule has 0 bridgehead atoms. The third-order valence-electron chi connectivity index (χ3n) is 10.7. The zero-order valence-electron chi connectivity index (χ0n) is 37.7. The zero-order valence-corrected chi connectivity index (χ0v) is 37.7. The van der Waals surface area contributed by atoms with Crippen LogP contribution >= 0.6 is 0 Å². The highest BCUT2D eigenvalue weighted by Crippen LogP contribution is 2.22. The van der Waals surface area contributed by atoms with E-state index in [4.69, 9.17) is 9.47 Å². The topological polar surface area (TPSA) is 149 Å². The van der Waals surface area contributed by atoms with Gasteiger partial charge in [-0.15, -0.1) is 0 Å². The van der Waals surface area contributed by atoms with Crippen LogP contribution in [0, 0.1) is 0 Å². The Morgan fingerprint density at radius 1 is 0.583 bits per heavy atom. The lowest BCUT2D eigenvalue weighted by atomic mass is 9.99. The molecule has 0 aromatic carbocycles. The van der Waals surface area contributed by atoms with Gasteiger partial charge < -0.3 is 40.3 Å². The van der Waals surface area contributed by atoms with Crippen LogP contribution < -0.4 is 5.32 Å². The van der Waals surface area contributed by atoms with E-state index in [1.165, 1.54) is 64.2 Å². The number of unbranched alkanes of at least 4 members (excludes halogenated alkanes) is 16. The Kier molecular flexibility index (Phi) is 37.3. The number of allylic oxidation sites excluding steroid dienone is 13. The molecule has 9 nitrogen and oxygen atoms in total. The molecule has 7 unspecified atom stereocenters. The van der Waals surface area contributed by atoms with Gasteiger partial charge >= 0.3 is 0 Å². The minimum Gasteiger partial charge on any atom is -0.394 e. The van der Waals surface area contributed by atoms with Crippen LogP contribution in [-0.2, 0) is 14.3 Å². The first-order chi connectivity index (χ1) is 29.3. The molecule has 6 N–H and O–H groups in total. The van der Waals surface area contributed by atoms with Crippen LogP contribution in [0.5, 0.6) is 0 Å². The third-order valence-corrected chi connectivity index (χ3v) is 10.7. The van der Waals surface area contributed by atoms with E-state index in [1.807, 2.05) is 6.08 Å². The number of aliphatic hydroxyl groups excluding tert-OH is 5. The molecule has 344 valence electrons. The van der Waals surface area contributed by atoms with Gasteiger partial charge in [-0.05, 0) is 83.5 Å². The SMILES string of the molecule is CC/C=C\C/C=C\C/C=C\C/C=C\CCCCCCC(=O)NC(COC1OC(CO)C(O)C(O)C1O)C(O)/C=C/CC/C=C/CC/C=C/CCCCCCCCCCCC. The minimum atomic E-state index is -1.58. The van der Waals surface area contributed by atoms with E-state index in [-0.39, 0.29) is 12.5 Å². The second kappa shape index (κ2) is 40.4. The van der Waals surface area contributed by atoms with Gasteiger partial charge in [0.05, 0.1) is 25.4 Å². The Labute approximate surface area is 365 Å². The molecule has 1 fully saturated rings. The van der Waals surface area contributed by atoms with Crippen molar-refractivity contribution in [1.29, 1.82) is 0 Å². The molecule has 9 heteroatoms. The Hall–Kier alpha value is -2.63. The van der Waals surface area contributed by atoms with Gasteiger partial charge in [-0.25, -0.2) is 0 Å². The summed E-state index contributed by atoms with van der Waals surface area (Å²) in [5.41, 5.74) is 0. The number of hydrogen-bond donors (Lipinski definition) is 6. The molecule has 1 aliphatic rings. The van der Waals surface area contributed by atoms with Gasteiger partial charge in [0, 0.05) is 6.42 Å². The van der Waals surface area contributed by atoms with E-state index >= 15 is 0 Å². The number of amides is 1. The maximum atomic E-state index is 13.0. The van der Waals surface area contributed by atoms with Crippen LogP contribution in [0.15, 0.2) is 85.1 Å². The third kappa shape index (κ3) is 30.4. The molecule has 0 saturated carbocycles. The second-order valence-electron chi connectivity index (χ2n) is 16.1. The molecule has 0 aromatic rings. The molecule has 0 aromatic heterocycles. The molecule has 1 heterocycles. The molecule has 1 rings (SSSR count). The van der Waals surface area contributed by atoms with E-state index in [0.717, 1.165) is 83.5 Å². The van der Waals surface area contributed by atoms with Crippen molar-refractivity contribution in [2.24, 2.45) is 0 Å². The highest BCUT2D eigenvalue weighted by Gasteiger charge is 2.44. The Balaban J connectivity index is 2.41. The van der Waals surface area contributed by atoms with Gasteiger partial charge in [-0.2, -0.15) is 0 Å². The molecule has 1 saturated heterocycles. The quantitative estimate of drug-likeness (QED) is 0.0266. The van der Waals surface area contributed by atoms with Crippen molar-refractivity contribution in [3.8, 4) is 0 Å². The molecule has 0 spiro atoms. The van der Waals surface area contributed by atoms with Crippen molar-refractivity contribution >= 4 is 5.91 Å². The van der Waals surface area contributed by atoms with E-state index in [1.54, 1.807) is 6.08 Å². The van der Waals surface area contributed by atoms with Gasteiger partial charge in [0.25, 0.3) is 0 Å². The normalized spacial score (nSPS) is 21.4.